The first-order valence-corrected chi connectivity index (χ1v) is 9.15. The molecule has 2 heterocycles. The van der Waals surface area contributed by atoms with Gasteiger partial charge in [0.2, 0.25) is 5.91 Å². The van der Waals surface area contributed by atoms with E-state index in [1.165, 1.54) is 0 Å². The lowest BCUT2D eigenvalue weighted by atomic mass is 10.0. The minimum absolute atomic E-state index is 0.0372. The average Bonchev–Trinajstić information content (AvgIpc) is 3.50. The van der Waals surface area contributed by atoms with Crippen LogP contribution in [0.4, 0.5) is 0 Å². The van der Waals surface area contributed by atoms with Crippen LogP contribution in [0.25, 0.3) is 0 Å². The predicted octanol–water partition coefficient (Wildman–Crippen LogP) is 2.34. The molecule has 27 heavy (non-hydrogen) atoms. The summed E-state index contributed by atoms with van der Waals surface area (Å²) in [5.41, 5.74) is 0.174. The summed E-state index contributed by atoms with van der Waals surface area (Å²) in [5.74, 6) is 3.29. The van der Waals surface area contributed by atoms with Gasteiger partial charge in [-0.1, -0.05) is 6.07 Å². The maximum Gasteiger partial charge on any atom is 0.254 e. The van der Waals surface area contributed by atoms with Crippen molar-refractivity contribution < 1.29 is 14.3 Å². The fourth-order valence-electron chi connectivity index (χ4n) is 3.23. The summed E-state index contributed by atoms with van der Waals surface area (Å²) >= 11 is 0. The Balaban J connectivity index is 1.46. The van der Waals surface area contributed by atoms with Crippen molar-refractivity contribution >= 4 is 11.8 Å². The summed E-state index contributed by atoms with van der Waals surface area (Å²) in [4.78, 5) is 28.7. The Bertz CT molecular complexity index is 770. The van der Waals surface area contributed by atoms with Gasteiger partial charge in [-0.15, -0.1) is 12.3 Å². The number of ether oxygens (including phenoxy) is 1. The van der Waals surface area contributed by atoms with E-state index >= 15 is 0 Å². The molecule has 0 saturated carbocycles. The molecule has 0 aromatic heterocycles. The van der Waals surface area contributed by atoms with Crippen LogP contribution in [0.2, 0.25) is 0 Å². The molecule has 7 nitrogen and oxygen atoms in total. The third-order valence-electron chi connectivity index (χ3n) is 5.03. The molecule has 1 saturated heterocycles. The Kier molecular flexibility index (Phi) is 5.75. The number of terminal acetylenes is 1. The van der Waals surface area contributed by atoms with Gasteiger partial charge in [-0.25, -0.2) is 0 Å². The summed E-state index contributed by atoms with van der Waals surface area (Å²) < 4.78 is 5.17. The molecule has 0 unspecified atom stereocenters. The third-order valence-corrected chi connectivity index (χ3v) is 5.03. The molecular formula is C20H24N4O3. The van der Waals surface area contributed by atoms with Crippen molar-refractivity contribution in [2.24, 2.45) is 10.2 Å². The highest BCUT2D eigenvalue weighted by atomic mass is 16.5. The number of hydrogen-bond acceptors (Lipinski definition) is 5. The third kappa shape index (κ3) is 4.64. The summed E-state index contributed by atoms with van der Waals surface area (Å²) in [5, 5.41) is 8.13. The van der Waals surface area contributed by atoms with Crippen molar-refractivity contribution in [2.75, 3.05) is 33.3 Å². The van der Waals surface area contributed by atoms with E-state index in [0.717, 1.165) is 0 Å². The van der Waals surface area contributed by atoms with E-state index in [1.807, 2.05) is 11.0 Å². The minimum atomic E-state index is -0.424. The zero-order chi connectivity index (χ0) is 19.3. The molecule has 0 bridgehead atoms. The number of amides is 2. The number of piperazine rings is 1. The Morgan fingerprint density at radius 3 is 2.52 bits per heavy atom. The minimum Gasteiger partial charge on any atom is -0.497 e. The van der Waals surface area contributed by atoms with Gasteiger partial charge in [0.05, 0.1) is 7.11 Å². The van der Waals surface area contributed by atoms with E-state index < -0.39 is 5.66 Å². The van der Waals surface area contributed by atoms with Crippen LogP contribution < -0.4 is 4.74 Å². The van der Waals surface area contributed by atoms with E-state index in [0.29, 0.717) is 63.2 Å². The van der Waals surface area contributed by atoms with Gasteiger partial charge in [-0.05, 0) is 18.2 Å². The highest BCUT2D eigenvalue weighted by Crippen LogP contribution is 2.37. The molecule has 0 N–H and O–H groups in total. The van der Waals surface area contributed by atoms with Crippen LogP contribution in [0.15, 0.2) is 34.5 Å². The number of carbonyl (C=O) groups excluding carboxylic acids is 2. The van der Waals surface area contributed by atoms with Gasteiger partial charge in [0.25, 0.3) is 5.91 Å². The summed E-state index contributed by atoms with van der Waals surface area (Å²) in [6.45, 7) is 2.14. The van der Waals surface area contributed by atoms with Crippen molar-refractivity contribution in [3.05, 3.63) is 29.8 Å². The fourth-order valence-corrected chi connectivity index (χ4v) is 3.23. The Morgan fingerprint density at radius 1 is 1.19 bits per heavy atom. The number of carbonyl (C=O) groups is 2. The summed E-state index contributed by atoms with van der Waals surface area (Å²) in [6.07, 6.45) is 7.62. The molecule has 0 spiro atoms. The van der Waals surface area contributed by atoms with Gasteiger partial charge in [-0.3, -0.25) is 9.59 Å². The molecule has 1 aromatic carbocycles. The second-order valence-electron chi connectivity index (χ2n) is 6.79. The van der Waals surface area contributed by atoms with E-state index in [4.69, 9.17) is 11.2 Å². The van der Waals surface area contributed by atoms with Crippen LogP contribution in [0.5, 0.6) is 5.75 Å². The van der Waals surface area contributed by atoms with Crippen molar-refractivity contribution in [1.82, 2.24) is 9.80 Å². The molecular weight excluding hydrogens is 344 g/mol. The smallest absolute Gasteiger partial charge is 0.254 e. The average molecular weight is 368 g/mol. The maximum atomic E-state index is 12.6. The molecule has 3 rings (SSSR count). The Labute approximate surface area is 159 Å². The van der Waals surface area contributed by atoms with Crippen molar-refractivity contribution in [2.45, 2.75) is 31.3 Å². The van der Waals surface area contributed by atoms with Gasteiger partial charge >= 0.3 is 0 Å². The summed E-state index contributed by atoms with van der Waals surface area (Å²) in [7, 11) is 1.58. The summed E-state index contributed by atoms with van der Waals surface area (Å²) in [6, 6.07) is 7.12. The largest absolute Gasteiger partial charge is 0.497 e. The first-order chi connectivity index (χ1) is 13.1. The van der Waals surface area contributed by atoms with Gasteiger partial charge < -0.3 is 14.5 Å². The number of methoxy groups -OCH3 is 1. The lowest BCUT2D eigenvalue weighted by Crippen LogP contribution is -2.50. The second kappa shape index (κ2) is 8.21. The van der Waals surface area contributed by atoms with Crippen molar-refractivity contribution in [3.8, 4) is 18.1 Å². The highest BCUT2D eigenvalue weighted by molar-refractivity contribution is 5.94. The second-order valence-corrected chi connectivity index (χ2v) is 6.79. The zero-order valence-corrected chi connectivity index (χ0v) is 15.6. The zero-order valence-electron chi connectivity index (χ0n) is 15.6. The van der Waals surface area contributed by atoms with Crippen LogP contribution in [-0.2, 0) is 4.79 Å². The molecule has 142 valence electrons. The van der Waals surface area contributed by atoms with Gasteiger partial charge in [0, 0.05) is 57.4 Å². The predicted molar refractivity (Wildman–Crippen MR) is 100 cm³/mol. The maximum absolute atomic E-state index is 12.6. The molecule has 0 radical (unpaired) electrons. The van der Waals surface area contributed by atoms with Gasteiger partial charge in [-0.2, -0.15) is 10.2 Å². The van der Waals surface area contributed by atoms with Crippen molar-refractivity contribution in [1.29, 1.82) is 0 Å². The van der Waals surface area contributed by atoms with E-state index in [-0.39, 0.29) is 11.8 Å². The quantitative estimate of drug-likeness (QED) is 0.693. The molecule has 1 aromatic rings. The number of nitrogens with zero attached hydrogens (tertiary/aromatic N) is 4. The van der Waals surface area contributed by atoms with E-state index in [2.05, 4.69) is 16.1 Å². The Morgan fingerprint density at radius 2 is 1.89 bits per heavy atom. The normalized spacial score (nSPS) is 17.3. The molecule has 7 heteroatoms. The first kappa shape index (κ1) is 18.9. The first-order valence-electron chi connectivity index (χ1n) is 9.15. The van der Waals surface area contributed by atoms with Crippen LogP contribution in [0, 0.1) is 12.3 Å². The molecule has 1 fully saturated rings. The standard InChI is InChI=1S/C20H24N4O3/c1-3-4-9-20(21-22-20)10-8-18(25)23-11-13-24(14-12-23)19(26)16-6-5-7-17(15-16)27-2/h1,5-7,15H,4,8-14H2,2H3. The van der Waals surface area contributed by atoms with Crippen LogP contribution in [0.3, 0.4) is 0 Å². The number of rotatable bonds is 7. The molecule has 0 atom stereocenters. The number of benzene rings is 1. The highest BCUT2D eigenvalue weighted by Gasteiger charge is 2.39. The van der Waals surface area contributed by atoms with Gasteiger partial charge in [0.1, 0.15) is 5.75 Å². The van der Waals surface area contributed by atoms with Gasteiger partial charge in [0.15, 0.2) is 5.66 Å². The molecule has 0 aliphatic carbocycles. The topological polar surface area (TPSA) is 74.6 Å². The van der Waals surface area contributed by atoms with Crippen LogP contribution in [-0.4, -0.2) is 60.6 Å². The molecule has 2 amide bonds. The SMILES string of the molecule is C#CCCC1(CCC(=O)N2CCN(C(=O)c3cccc(OC)c3)CC2)N=N1. The molecule has 2 aliphatic rings. The van der Waals surface area contributed by atoms with E-state index in [1.54, 1.807) is 30.2 Å². The number of hydrogen-bond donors (Lipinski definition) is 0. The monoisotopic (exact) mass is 368 g/mol. The van der Waals surface area contributed by atoms with Crippen LogP contribution in [0.1, 0.15) is 36.0 Å². The van der Waals surface area contributed by atoms with E-state index in [9.17, 15) is 9.59 Å². The van der Waals surface area contributed by atoms with Crippen molar-refractivity contribution in [3.63, 3.8) is 0 Å². The fraction of sp³-hybridized carbons (Fsp3) is 0.500. The lowest BCUT2D eigenvalue weighted by molar-refractivity contribution is -0.132. The lowest BCUT2D eigenvalue weighted by Gasteiger charge is -2.35. The Hall–Kier alpha value is -2.88. The van der Waals surface area contributed by atoms with Crippen LogP contribution >= 0.6 is 0 Å². The molecule has 2 aliphatic heterocycles.